The summed E-state index contributed by atoms with van der Waals surface area (Å²) in [6.07, 6.45) is 0.376. The van der Waals surface area contributed by atoms with Gasteiger partial charge in [-0.3, -0.25) is 9.59 Å². The highest BCUT2D eigenvalue weighted by Gasteiger charge is 2.32. The van der Waals surface area contributed by atoms with Crippen LogP contribution in [0.25, 0.3) is 0 Å². The lowest BCUT2D eigenvalue weighted by Crippen LogP contribution is -2.30. The fourth-order valence-electron chi connectivity index (χ4n) is 3.00. The number of aryl methyl sites for hydroxylation is 1. The summed E-state index contributed by atoms with van der Waals surface area (Å²) in [6, 6.07) is 14.5. The third-order valence-corrected chi connectivity index (χ3v) is 6.34. The van der Waals surface area contributed by atoms with E-state index < -0.39 is 15.8 Å². The first-order valence-corrected chi connectivity index (χ1v) is 10.6. The van der Waals surface area contributed by atoms with Crippen molar-refractivity contribution in [3.8, 4) is 0 Å². The number of hydrogen-bond acceptors (Lipinski definition) is 4. The van der Waals surface area contributed by atoms with Crippen molar-refractivity contribution in [2.75, 3.05) is 16.8 Å². The van der Waals surface area contributed by atoms with Crippen LogP contribution in [0, 0.1) is 12.8 Å². The first-order chi connectivity index (χ1) is 12.8. The Morgan fingerprint density at radius 3 is 2.52 bits per heavy atom. The van der Waals surface area contributed by atoms with E-state index in [4.69, 9.17) is 0 Å². The standard InChI is InChI=1S/C20H22N2O4S/c1-14-5-7-16(8-6-14)20(24)22-18-4-2-3-15(11-18)12-21-19(23)17-9-10-27(25,26)13-17/h2-8,11,17H,9-10,12-13H2,1H3,(H,21,23)(H,22,24). The summed E-state index contributed by atoms with van der Waals surface area (Å²) in [4.78, 5) is 24.4. The van der Waals surface area contributed by atoms with Gasteiger partial charge in [0.05, 0.1) is 17.4 Å². The Hall–Kier alpha value is -2.67. The van der Waals surface area contributed by atoms with Crippen LogP contribution in [0.15, 0.2) is 48.5 Å². The minimum atomic E-state index is -3.08. The molecule has 0 aliphatic carbocycles. The maximum absolute atomic E-state index is 12.3. The smallest absolute Gasteiger partial charge is 0.255 e. The first kappa shape index (κ1) is 19.1. The second-order valence-electron chi connectivity index (χ2n) is 6.84. The van der Waals surface area contributed by atoms with Gasteiger partial charge in [0.2, 0.25) is 5.91 Å². The minimum Gasteiger partial charge on any atom is -0.352 e. The zero-order chi connectivity index (χ0) is 19.4. The van der Waals surface area contributed by atoms with Gasteiger partial charge in [-0.2, -0.15) is 0 Å². The van der Waals surface area contributed by atoms with E-state index in [-0.39, 0.29) is 29.9 Å². The average Bonchev–Trinajstić information content (AvgIpc) is 3.00. The number of carbonyl (C=O) groups is 2. The zero-order valence-corrected chi connectivity index (χ0v) is 15.9. The summed E-state index contributed by atoms with van der Waals surface area (Å²) in [5, 5.41) is 5.62. The molecule has 0 aromatic heterocycles. The highest BCUT2D eigenvalue weighted by Crippen LogP contribution is 2.19. The van der Waals surface area contributed by atoms with Crippen molar-refractivity contribution in [2.45, 2.75) is 19.9 Å². The van der Waals surface area contributed by atoms with Gasteiger partial charge >= 0.3 is 0 Å². The molecule has 2 N–H and O–H groups in total. The number of benzene rings is 2. The summed E-state index contributed by atoms with van der Waals surface area (Å²) in [7, 11) is -3.08. The second-order valence-corrected chi connectivity index (χ2v) is 9.07. The Kier molecular flexibility index (Phi) is 5.60. The average molecular weight is 386 g/mol. The Balaban J connectivity index is 1.58. The van der Waals surface area contributed by atoms with Crippen molar-refractivity contribution in [3.63, 3.8) is 0 Å². The molecule has 27 heavy (non-hydrogen) atoms. The predicted octanol–water partition coefficient (Wildman–Crippen LogP) is 2.30. The van der Waals surface area contributed by atoms with Gasteiger partial charge in [-0.25, -0.2) is 8.42 Å². The molecule has 0 radical (unpaired) electrons. The van der Waals surface area contributed by atoms with E-state index in [0.29, 0.717) is 17.7 Å². The summed E-state index contributed by atoms with van der Waals surface area (Å²) < 4.78 is 23.0. The number of carbonyl (C=O) groups excluding carboxylic acids is 2. The molecule has 1 aliphatic heterocycles. The summed E-state index contributed by atoms with van der Waals surface area (Å²) in [5.41, 5.74) is 3.11. The molecular formula is C20H22N2O4S. The van der Waals surface area contributed by atoms with Crippen LogP contribution in [0.2, 0.25) is 0 Å². The van der Waals surface area contributed by atoms with Crippen molar-refractivity contribution >= 4 is 27.3 Å². The minimum absolute atomic E-state index is 0.0750. The molecule has 1 fully saturated rings. The van der Waals surface area contributed by atoms with E-state index in [1.54, 1.807) is 30.3 Å². The third-order valence-electron chi connectivity index (χ3n) is 4.57. The van der Waals surface area contributed by atoms with Crippen LogP contribution in [0.3, 0.4) is 0 Å². The lowest BCUT2D eigenvalue weighted by Gasteiger charge is -2.11. The molecule has 1 unspecified atom stereocenters. The van der Waals surface area contributed by atoms with Crippen molar-refractivity contribution < 1.29 is 18.0 Å². The Morgan fingerprint density at radius 1 is 1.11 bits per heavy atom. The molecule has 0 saturated carbocycles. The van der Waals surface area contributed by atoms with Gasteiger partial charge in [-0.05, 0) is 43.2 Å². The van der Waals surface area contributed by atoms with E-state index in [1.165, 1.54) is 0 Å². The molecule has 3 rings (SSSR count). The van der Waals surface area contributed by atoms with Crippen LogP contribution in [0.4, 0.5) is 5.69 Å². The van der Waals surface area contributed by atoms with Crippen LogP contribution >= 0.6 is 0 Å². The zero-order valence-electron chi connectivity index (χ0n) is 15.1. The van der Waals surface area contributed by atoms with Crippen molar-refractivity contribution in [3.05, 3.63) is 65.2 Å². The predicted molar refractivity (Wildman–Crippen MR) is 104 cm³/mol. The Morgan fingerprint density at radius 2 is 1.85 bits per heavy atom. The van der Waals surface area contributed by atoms with Crippen molar-refractivity contribution in [2.24, 2.45) is 5.92 Å². The van der Waals surface area contributed by atoms with Gasteiger partial charge < -0.3 is 10.6 Å². The van der Waals surface area contributed by atoms with Gasteiger partial charge in [0.1, 0.15) is 0 Å². The molecule has 142 valence electrons. The molecule has 0 bridgehead atoms. The number of hydrogen-bond donors (Lipinski definition) is 2. The molecule has 1 heterocycles. The topological polar surface area (TPSA) is 92.3 Å². The molecule has 2 aromatic carbocycles. The van der Waals surface area contributed by atoms with Crippen molar-refractivity contribution in [1.29, 1.82) is 0 Å². The normalized spacial score (nSPS) is 18.0. The fourth-order valence-corrected chi connectivity index (χ4v) is 4.74. The van der Waals surface area contributed by atoms with Gasteiger partial charge in [0, 0.05) is 17.8 Å². The summed E-state index contributed by atoms with van der Waals surface area (Å²) in [6.45, 7) is 2.24. The lowest BCUT2D eigenvalue weighted by atomic mass is 10.1. The third kappa shape index (κ3) is 5.17. The monoisotopic (exact) mass is 386 g/mol. The lowest BCUT2D eigenvalue weighted by molar-refractivity contribution is -0.124. The number of nitrogens with one attached hydrogen (secondary N) is 2. The Bertz CT molecular complexity index is 952. The van der Waals surface area contributed by atoms with E-state index in [0.717, 1.165) is 11.1 Å². The molecular weight excluding hydrogens is 364 g/mol. The van der Waals surface area contributed by atoms with E-state index in [1.807, 2.05) is 25.1 Å². The molecule has 7 heteroatoms. The molecule has 2 aromatic rings. The van der Waals surface area contributed by atoms with E-state index >= 15 is 0 Å². The quantitative estimate of drug-likeness (QED) is 0.825. The number of sulfone groups is 1. The Labute approximate surface area is 158 Å². The van der Waals surface area contributed by atoms with Crippen LogP contribution in [0.1, 0.15) is 27.9 Å². The molecule has 1 aliphatic rings. The highest BCUT2D eigenvalue weighted by atomic mass is 32.2. The van der Waals surface area contributed by atoms with E-state index in [2.05, 4.69) is 10.6 Å². The first-order valence-electron chi connectivity index (χ1n) is 8.77. The molecule has 2 amide bonds. The number of rotatable bonds is 5. The highest BCUT2D eigenvalue weighted by molar-refractivity contribution is 7.91. The molecule has 1 atom stereocenters. The van der Waals surface area contributed by atoms with Crippen LogP contribution in [-0.2, 0) is 21.2 Å². The molecule has 1 saturated heterocycles. The molecule has 6 nitrogen and oxygen atoms in total. The number of amides is 2. The van der Waals surface area contributed by atoms with Gasteiger partial charge in [0.15, 0.2) is 9.84 Å². The maximum atomic E-state index is 12.3. The van der Waals surface area contributed by atoms with Gasteiger partial charge in [-0.15, -0.1) is 0 Å². The van der Waals surface area contributed by atoms with Gasteiger partial charge in [0.25, 0.3) is 5.91 Å². The summed E-state index contributed by atoms with van der Waals surface area (Å²) in [5.74, 6) is -0.922. The largest absolute Gasteiger partial charge is 0.352 e. The summed E-state index contributed by atoms with van der Waals surface area (Å²) >= 11 is 0. The van der Waals surface area contributed by atoms with Crippen LogP contribution in [-0.4, -0.2) is 31.7 Å². The van der Waals surface area contributed by atoms with Crippen molar-refractivity contribution in [1.82, 2.24) is 5.32 Å². The van der Waals surface area contributed by atoms with E-state index in [9.17, 15) is 18.0 Å². The van der Waals surface area contributed by atoms with Crippen LogP contribution < -0.4 is 10.6 Å². The van der Waals surface area contributed by atoms with Crippen LogP contribution in [0.5, 0.6) is 0 Å². The number of anilines is 1. The molecule has 0 spiro atoms. The fraction of sp³-hybridized carbons (Fsp3) is 0.300. The SMILES string of the molecule is Cc1ccc(C(=O)Nc2cccc(CNC(=O)C3CCS(=O)(=O)C3)c2)cc1. The maximum Gasteiger partial charge on any atom is 0.255 e. The van der Waals surface area contributed by atoms with Gasteiger partial charge in [-0.1, -0.05) is 29.8 Å². The second kappa shape index (κ2) is 7.92.